The van der Waals surface area contributed by atoms with Crippen molar-refractivity contribution in [2.45, 2.75) is 26.3 Å². The molecule has 1 aliphatic heterocycles. The molecule has 0 bridgehead atoms. The van der Waals surface area contributed by atoms with Gasteiger partial charge in [-0.05, 0) is 37.1 Å². The lowest BCUT2D eigenvalue weighted by Crippen LogP contribution is -2.32. The molecule has 1 atom stereocenters. The van der Waals surface area contributed by atoms with Crippen LogP contribution >= 0.6 is 0 Å². The maximum Gasteiger partial charge on any atom is 0.161 e. The van der Waals surface area contributed by atoms with Crippen molar-refractivity contribution in [3.63, 3.8) is 0 Å². The molecule has 3 heteroatoms. The van der Waals surface area contributed by atoms with E-state index in [1.54, 1.807) is 0 Å². The molecule has 0 aromatic heterocycles. The first-order chi connectivity index (χ1) is 8.20. The van der Waals surface area contributed by atoms with Crippen molar-refractivity contribution in [3.05, 3.63) is 23.8 Å². The Balaban J connectivity index is 2.11. The van der Waals surface area contributed by atoms with Crippen LogP contribution in [-0.2, 0) is 6.42 Å². The van der Waals surface area contributed by atoms with Crippen LogP contribution in [0.5, 0.6) is 11.5 Å². The lowest BCUT2D eigenvalue weighted by Gasteiger charge is -2.22. The van der Waals surface area contributed by atoms with E-state index < -0.39 is 0 Å². The Morgan fingerprint density at radius 3 is 2.53 bits per heavy atom. The van der Waals surface area contributed by atoms with Gasteiger partial charge in [0.2, 0.25) is 0 Å². The number of rotatable bonds is 4. The first kappa shape index (κ1) is 12.2. The van der Waals surface area contributed by atoms with Crippen LogP contribution in [0.3, 0.4) is 0 Å². The SMILES string of the molecule is CNC(Cc1ccc2c(c1)OCCO2)C(C)C. The van der Waals surface area contributed by atoms with Crippen molar-refractivity contribution in [2.75, 3.05) is 20.3 Å². The molecule has 1 heterocycles. The Morgan fingerprint density at radius 1 is 1.18 bits per heavy atom. The van der Waals surface area contributed by atoms with Gasteiger partial charge in [-0.2, -0.15) is 0 Å². The van der Waals surface area contributed by atoms with E-state index in [4.69, 9.17) is 9.47 Å². The zero-order chi connectivity index (χ0) is 12.3. The van der Waals surface area contributed by atoms with E-state index >= 15 is 0 Å². The van der Waals surface area contributed by atoms with E-state index in [1.807, 2.05) is 13.1 Å². The van der Waals surface area contributed by atoms with Gasteiger partial charge in [0, 0.05) is 6.04 Å². The highest BCUT2D eigenvalue weighted by atomic mass is 16.6. The summed E-state index contributed by atoms with van der Waals surface area (Å²) in [6.07, 6.45) is 1.02. The fourth-order valence-corrected chi connectivity index (χ4v) is 2.14. The van der Waals surface area contributed by atoms with Crippen LogP contribution in [0.4, 0.5) is 0 Å². The summed E-state index contributed by atoms with van der Waals surface area (Å²) in [4.78, 5) is 0. The lowest BCUT2D eigenvalue weighted by atomic mass is 9.96. The van der Waals surface area contributed by atoms with E-state index in [-0.39, 0.29) is 0 Å². The second kappa shape index (κ2) is 5.41. The van der Waals surface area contributed by atoms with Gasteiger partial charge in [0.1, 0.15) is 13.2 Å². The topological polar surface area (TPSA) is 30.5 Å². The fourth-order valence-electron chi connectivity index (χ4n) is 2.14. The molecule has 1 aromatic rings. The second-order valence-electron chi connectivity index (χ2n) is 4.82. The summed E-state index contributed by atoms with van der Waals surface area (Å²) in [7, 11) is 2.02. The fraction of sp³-hybridized carbons (Fsp3) is 0.571. The van der Waals surface area contributed by atoms with Gasteiger partial charge in [0.15, 0.2) is 11.5 Å². The Labute approximate surface area is 103 Å². The maximum atomic E-state index is 5.59. The second-order valence-corrected chi connectivity index (χ2v) is 4.82. The van der Waals surface area contributed by atoms with Gasteiger partial charge >= 0.3 is 0 Å². The number of benzene rings is 1. The smallest absolute Gasteiger partial charge is 0.161 e. The Kier molecular flexibility index (Phi) is 3.89. The van der Waals surface area contributed by atoms with Crippen molar-refractivity contribution in [2.24, 2.45) is 5.92 Å². The Hall–Kier alpha value is -1.22. The quantitative estimate of drug-likeness (QED) is 0.868. The van der Waals surface area contributed by atoms with Crippen LogP contribution in [0.1, 0.15) is 19.4 Å². The molecule has 1 N–H and O–H groups in total. The lowest BCUT2D eigenvalue weighted by molar-refractivity contribution is 0.171. The first-order valence-corrected chi connectivity index (χ1v) is 6.26. The number of ether oxygens (including phenoxy) is 2. The van der Waals surface area contributed by atoms with Crippen molar-refractivity contribution in [1.29, 1.82) is 0 Å². The molecule has 94 valence electrons. The molecule has 1 aliphatic rings. The normalized spacial score (nSPS) is 16.0. The highest BCUT2D eigenvalue weighted by Gasteiger charge is 2.15. The molecule has 1 aromatic carbocycles. The summed E-state index contributed by atoms with van der Waals surface area (Å²) >= 11 is 0. The zero-order valence-corrected chi connectivity index (χ0v) is 10.8. The summed E-state index contributed by atoms with van der Waals surface area (Å²) in [5.74, 6) is 2.37. The van der Waals surface area contributed by atoms with E-state index in [9.17, 15) is 0 Å². The van der Waals surface area contributed by atoms with Gasteiger partial charge in [0.25, 0.3) is 0 Å². The monoisotopic (exact) mass is 235 g/mol. The minimum absolute atomic E-state index is 0.498. The van der Waals surface area contributed by atoms with E-state index in [2.05, 4.69) is 31.3 Å². The zero-order valence-electron chi connectivity index (χ0n) is 10.8. The third-order valence-electron chi connectivity index (χ3n) is 3.24. The molecular formula is C14H21NO2. The third-order valence-corrected chi connectivity index (χ3v) is 3.24. The summed E-state index contributed by atoms with van der Waals surface area (Å²) in [6, 6.07) is 6.73. The van der Waals surface area contributed by atoms with Gasteiger partial charge in [-0.1, -0.05) is 19.9 Å². The van der Waals surface area contributed by atoms with Crippen molar-refractivity contribution < 1.29 is 9.47 Å². The molecule has 0 radical (unpaired) electrons. The summed E-state index contributed by atoms with van der Waals surface area (Å²) < 4.78 is 11.1. The van der Waals surface area contributed by atoms with E-state index in [0.29, 0.717) is 25.2 Å². The van der Waals surface area contributed by atoms with Crippen molar-refractivity contribution in [1.82, 2.24) is 5.32 Å². The van der Waals surface area contributed by atoms with Crippen LogP contribution in [0.2, 0.25) is 0 Å². The number of nitrogens with one attached hydrogen (secondary N) is 1. The van der Waals surface area contributed by atoms with Crippen LogP contribution < -0.4 is 14.8 Å². The standard InChI is InChI=1S/C14H21NO2/c1-10(2)12(15-3)8-11-4-5-13-14(9-11)17-7-6-16-13/h4-5,9-10,12,15H,6-8H2,1-3H3. The Morgan fingerprint density at radius 2 is 1.88 bits per heavy atom. The predicted molar refractivity (Wildman–Crippen MR) is 68.8 cm³/mol. The molecule has 0 fully saturated rings. The van der Waals surface area contributed by atoms with Crippen LogP contribution in [0, 0.1) is 5.92 Å². The highest BCUT2D eigenvalue weighted by molar-refractivity contribution is 5.44. The molecule has 0 amide bonds. The number of hydrogen-bond acceptors (Lipinski definition) is 3. The first-order valence-electron chi connectivity index (χ1n) is 6.26. The molecule has 17 heavy (non-hydrogen) atoms. The molecule has 0 aliphatic carbocycles. The maximum absolute atomic E-state index is 5.59. The van der Waals surface area contributed by atoms with Gasteiger partial charge in [-0.3, -0.25) is 0 Å². The van der Waals surface area contributed by atoms with Crippen LogP contribution in [0.15, 0.2) is 18.2 Å². The average Bonchev–Trinajstić information content (AvgIpc) is 2.35. The van der Waals surface area contributed by atoms with Crippen LogP contribution in [-0.4, -0.2) is 26.3 Å². The summed E-state index contributed by atoms with van der Waals surface area (Å²) in [5.41, 5.74) is 1.29. The minimum Gasteiger partial charge on any atom is -0.486 e. The van der Waals surface area contributed by atoms with Gasteiger partial charge in [-0.15, -0.1) is 0 Å². The van der Waals surface area contributed by atoms with Crippen molar-refractivity contribution >= 4 is 0 Å². The minimum atomic E-state index is 0.498. The average molecular weight is 235 g/mol. The van der Waals surface area contributed by atoms with Crippen molar-refractivity contribution in [3.8, 4) is 11.5 Å². The summed E-state index contributed by atoms with van der Waals surface area (Å²) in [5, 5.41) is 3.36. The number of fused-ring (bicyclic) bond motifs is 1. The van der Waals surface area contributed by atoms with Gasteiger partial charge in [-0.25, -0.2) is 0 Å². The molecule has 2 rings (SSSR count). The van der Waals surface area contributed by atoms with E-state index in [0.717, 1.165) is 17.9 Å². The van der Waals surface area contributed by atoms with Gasteiger partial charge in [0.05, 0.1) is 0 Å². The largest absolute Gasteiger partial charge is 0.486 e. The molecule has 3 nitrogen and oxygen atoms in total. The number of hydrogen-bond donors (Lipinski definition) is 1. The van der Waals surface area contributed by atoms with Gasteiger partial charge < -0.3 is 14.8 Å². The molecule has 1 unspecified atom stereocenters. The molecular weight excluding hydrogens is 214 g/mol. The third kappa shape index (κ3) is 2.91. The summed E-state index contributed by atoms with van der Waals surface area (Å²) in [6.45, 7) is 5.77. The molecule has 0 saturated carbocycles. The predicted octanol–water partition coefficient (Wildman–Crippen LogP) is 2.24. The number of likely N-dealkylation sites (N-methyl/N-ethyl adjacent to an activating group) is 1. The Bertz CT molecular complexity index is 376. The molecule has 0 saturated heterocycles. The molecule has 0 spiro atoms. The van der Waals surface area contributed by atoms with E-state index in [1.165, 1.54) is 5.56 Å². The highest BCUT2D eigenvalue weighted by Crippen LogP contribution is 2.31. The van der Waals surface area contributed by atoms with Crippen LogP contribution in [0.25, 0.3) is 0 Å².